The fraction of sp³-hybridized carbons (Fsp3) is 0.467. The second-order valence-electron chi connectivity index (χ2n) is 5.05. The maximum Gasteiger partial charge on any atom is 0.245 e. The van der Waals surface area contributed by atoms with Gasteiger partial charge in [-0.25, -0.2) is 0 Å². The van der Waals surface area contributed by atoms with E-state index in [0.717, 1.165) is 31.5 Å². The van der Waals surface area contributed by atoms with Crippen LogP contribution >= 0.6 is 0 Å². The highest BCUT2D eigenvalue weighted by Crippen LogP contribution is 2.12. The molecule has 108 valence electrons. The molecule has 1 aromatic carbocycles. The van der Waals surface area contributed by atoms with Crippen LogP contribution in [0.4, 0.5) is 0 Å². The maximum atomic E-state index is 12.5. The van der Waals surface area contributed by atoms with Gasteiger partial charge in [-0.15, -0.1) is 0 Å². The molecule has 5 nitrogen and oxygen atoms in total. The summed E-state index contributed by atoms with van der Waals surface area (Å²) in [4.78, 5) is 25.8. The van der Waals surface area contributed by atoms with E-state index in [-0.39, 0.29) is 18.4 Å². The van der Waals surface area contributed by atoms with E-state index in [1.165, 1.54) is 0 Å². The van der Waals surface area contributed by atoms with Crippen LogP contribution in [0.1, 0.15) is 18.4 Å². The first kappa shape index (κ1) is 14.5. The van der Waals surface area contributed by atoms with Crippen molar-refractivity contribution in [1.29, 1.82) is 0 Å². The zero-order valence-corrected chi connectivity index (χ0v) is 11.5. The Labute approximate surface area is 119 Å². The Hall–Kier alpha value is -1.88. The molecule has 20 heavy (non-hydrogen) atoms. The minimum atomic E-state index is -0.522. The maximum absolute atomic E-state index is 12.5. The number of hydrogen-bond acceptors (Lipinski definition) is 3. The summed E-state index contributed by atoms with van der Waals surface area (Å²) in [6.07, 6.45) is 2.57. The van der Waals surface area contributed by atoms with E-state index in [0.29, 0.717) is 6.42 Å². The Bertz CT molecular complexity index is 455. The summed E-state index contributed by atoms with van der Waals surface area (Å²) in [6, 6.07) is 9.18. The third kappa shape index (κ3) is 3.81. The number of nitrogens with zero attached hydrogens (tertiary/aromatic N) is 1. The lowest BCUT2D eigenvalue weighted by molar-refractivity contribution is -0.135. The average Bonchev–Trinajstić information content (AvgIpc) is 3.01. The van der Waals surface area contributed by atoms with E-state index in [2.05, 4.69) is 5.32 Å². The van der Waals surface area contributed by atoms with Gasteiger partial charge in [-0.05, 0) is 18.4 Å². The number of carbonyl (C=O) groups is 2. The smallest absolute Gasteiger partial charge is 0.245 e. The highest BCUT2D eigenvalue weighted by atomic mass is 16.2. The summed E-state index contributed by atoms with van der Waals surface area (Å²) in [5, 5.41) is 2.74. The van der Waals surface area contributed by atoms with Crippen LogP contribution in [0.15, 0.2) is 30.3 Å². The van der Waals surface area contributed by atoms with Gasteiger partial charge >= 0.3 is 0 Å². The summed E-state index contributed by atoms with van der Waals surface area (Å²) in [5.74, 6) is -0.299. The Morgan fingerprint density at radius 2 is 1.85 bits per heavy atom. The van der Waals surface area contributed by atoms with Gasteiger partial charge in [0.2, 0.25) is 11.8 Å². The van der Waals surface area contributed by atoms with Crippen molar-refractivity contribution in [2.45, 2.75) is 25.3 Å². The van der Waals surface area contributed by atoms with Crippen LogP contribution in [0, 0.1) is 0 Å². The molecule has 1 aliphatic heterocycles. The zero-order chi connectivity index (χ0) is 14.4. The monoisotopic (exact) mass is 275 g/mol. The van der Waals surface area contributed by atoms with Crippen molar-refractivity contribution in [1.82, 2.24) is 10.2 Å². The van der Waals surface area contributed by atoms with Gasteiger partial charge in [-0.3, -0.25) is 9.59 Å². The van der Waals surface area contributed by atoms with E-state index < -0.39 is 6.04 Å². The molecule has 3 N–H and O–H groups in total. The molecule has 2 rings (SSSR count). The molecule has 1 aliphatic rings. The fourth-order valence-corrected chi connectivity index (χ4v) is 2.46. The van der Waals surface area contributed by atoms with Crippen LogP contribution < -0.4 is 11.1 Å². The summed E-state index contributed by atoms with van der Waals surface area (Å²) in [6.45, 7) is 1.46. The number of benzene rings is 1. The first-order valence-corrected chi connectivity index (χ1v) is 7.03. The standard InChI is InChI=1S/C15H21N3O2/c16-11-14(19)17-13(10-12-6-2-1-3-7-12)15(20)18-8-4-5-9-18/h1-3,6-7,13H,4-5,8-11,16H2,(H,17,19)/t13-/m1/s1. The SMILES string of the molecule is NCC(=O)N[C@H](Cc1ccccc1)C(=O)N1CCCC1. The van der Waals surface area contributed by atoms with E-state index in [9.17, 15) is 9.59 Å². The lowest BCUT2D eigenvalue weighted by atomic mass is 10.0. The molecule has 1 atom stereocenters. The third-order valence-corrected chi connectivity index (χ3v) is 3.52. The Kier molecular flexibility index (Phi) is 5.12. The lowest BCUT2D eigenvalue weighted by Crippen LogP contribution is -2.50. The predicted molar refractivity (Wildman–Crippen MR) is 76.9 cm³/mol. The van der Waals surface area contributed by atoms with E-state index in [1.807, 2.05) is 35.2 Å². The quantitative estimate of drug-likeness (QED) is 0.811. The highest BCUT2D eigenvalue weighted by molar-refractivity contribution is 5.88. The van der Waals surface area contributed by atoms with Crippen LogP contribution in [0.5, 0.6) is 0 Å². The number of rotatable bonds is 5. The summed E-state index contributed by atoms with van der Waals surface area (Å²) in [7, 11) is 0. The fourth-order valence-electron chi connectivity index (χ4n) is 2.46. The highest BCUT2D eigenvalue weighted by Gasteiger charge is 2.27. The number of nitrogens with one attached hydrogen (secondary N) is 1. The minimum Gasteiger partial charge on any atom is -0.343 e. The topological polar surface area (TPSA) is 75.4 Å². The number of nitrogens with two attached hydrogens (primary N) is 1. The Balaban J connectivity index is 2.07. The van der Waals surface area contributed by atoms with Crippen molar-refractivity contribution >= 4 is 11.8 Å². The van der Waals surface area contributed by atoms with Gasteiger partial charge in [-0.2, -0.15) is 0 Å². The molecule has 2 amide bonds. The van der Waals surface area contributed by atoms with Crippen LogP contribution in [0.3, 0.4) is 0 Å². The van der Waals surface area contributed by atoms with Crippen LogP contribution in [-0.4, -0.2) is 42.4 Å². The van der Waals surface area contributed by atoms with E-state index >= 15 is 0 Å². The number of hydrogen-bond donors (Lipinski definition) is 2. The van der Waals surface area contributed by atoms with E-state index in [4.69, 9.17) is 5.73 Å². The van der Waals surface area contributed by atoms with Crippen molar-refractivity contribution in [3.05, 3.63) is 35.9 Å². The van der Waals surface area contributed by atoms with Crippen LogP contribution in [0.2, 0.25) is 0 Å². The summed E-state index contributed by atoms with van der Waals surface area (Å²) < 4.78 is 0. The van der Waals surface area contributed by atoms with E-state index in [1.54, 1.807) is 0 Å². The van der Waals surface area contributed by atoms with Gasteiger partial charge in [0.25, 0.3) is 0 Å². The molecule has 5 heteroatoms. The molecule has 1 saturated heterocycles. The van der Waals surface area contributed by atoms with Gasteiger partial charge in [-0.1, -0.05) is 30.3 Å². The molecule has 0 radical (unpaired) electrons. The second kappa shape index (κ2) is 7.05. The molecule has 1 aromatic rings. The molecule has 0 aliphatic carbocycles. The van der Waals surface area contributed by atoms with Crippen molar-refractivity contribution in [2.24, 2.45) is 5.73 Å². The molecule has 0 spiro atoms. The molecule has 0 saturated carbocycles. The predicted octanol–water partition coefficient (Wildman–Crippen LogP) is 0.295. The molecule has 1 fully saturated rings. The average molecular weight is 275 g/mol. The van der Waals surface area contributed by atoms with Gasteiger partial charge in [0.05, 0.1) is 6.54 Å². The molecule has 0 bridgehead atoms. The first-order valence-electron chi connectivity index (χ1n) is 7.03. The number of amides is 2. The summed E-state index contributed by atoms with van der Waals surface area (Å²) in [5.41, 5.74) is 6.36. The minimum absolute atomic E-state index is 0.00634. The van der Waals surface area contributed by atoms with Crippen LogP contribution in [-0.2, 0) is 16.0 Å². The Morgan fingerprint density at radius 3 is 2.45 bits per heavy atom. The molecular formula is C15H21N3O2. The van der Waals surface area contributed by atoms with Crippen LogP contribution in [0.25, 0.3) is 0 Å². The largest absolute Gasteiger partial charge is 0.343 e. The van der Waals surface area contributed by atoms with Crippen molar-refractivity contribution in [3.63, 3.8) is 0 Å². The number of likely N-dealkylation sites (tertiary alicyclic amines) is 1. The van der Waals surface area contributed by atoms with Crippen molar-refractivity contribution in [3.8, 4) is 0 Å². The molecule has 0 unspecified atom stereocenters. The molecule has 1 heterocycles. The van der Waals surface area contributed by atoms with Gasteiger partial charge in [0.1, 0.15) is 6.04 Å². The second-order valence-corrected chi connectivity index (χ2v) is 5.05. The molecule has 0 aromatic heterocycles. The van der Waals surface area contributed by atoms with Crippen molar-refractivity contribution in [2.75, 3.05) is 19.6 Å². The molecular weight excluding hydrogens is 254 g/mol. The normalized spacial score (nSPS) is 15.9. The van der Waals surface area contributed by atoms with Gasteiger partial charge in [0.15, 0.2) is 0 Å². The first-order chi connectivity index (χ1) is 9.70. The number of carbonyl (C=O) groups excluding carboxylic acids is 2. The summed E-state index contributed by atoms with van der Waals surface area (Å²) >= 11 is 0. The zero-order valence-electron chi connectivity index (χ0n) is 11.5. The van der Waals surface area contributed by atoms with Gasteiger partial charge in [0, 0.05) is 19.5 Å². The van der Waals surface area contributed by atoms with Gasteiger partial charge < -0.3 is 16.0 Å². The van der Waals surface area contributed by atoms with Crippen molar-refractivity contribution < 1.29 is 9.59 Å². The Morgan fingerprint density at radius 1 is 1.20 bits per heavy atom. The third-order valence-electron chi connectivity index (χ3n) is 3.52. The lowest BCUT2D eigenvalue weighted by Gasteiger charge is -2.24.